The first kappa shape index (κ1) is 6.53. The molecule has 0 radical (unpaired) electrons. The molecule has 0 aromatic heterocycles. The second-order valence-corrected chi connectivity index (χ2v) is 3.75. The second-order valence-electron chi connectivity index (χ2n) is 3.75. The highest BCUT2D eigenvalue weighted by molar-refractivity contribution is 5.55. The monoisotopic (exact) mass is 160 g/mol. The lowest BCUT2D eigenvalue weighted by Crippen LogP contribution is -2.33. The van der Waals surface area contributed by atoms with Crippen LogP contribution < -0.4 is 4.74 Å². The van der Waals surface area contributed by atoms with Gasteiger partial charge in [-0.05, 0) is 36.3 Å². The van der Waals surface area contributed by atoms with Crippen LogP contribution in [0.5, 0.6) is 5.75 Å². The Kier molecular flexibility index (Phi) is 1.11. The molecule has 1 aromatic rings. The summed E-state index contributed by atoms with van der Waals surface area (Å²) in [6, 6.07) is 6.43. The highest BCUT2D eigenvalue weighted by atomic mass is 16.5. The van der Waals surface area contributed by atoms with Crippen LogP contribution in [0.1, 0.15) is 35.8 Å². The molecule has 3 rings (SSSR count). The van der Waals surface area contributed by atoms with Crippen LogP contribution in [0.15, 0.2) is 18.2 Å². The first-order valence-electron chi connectivity index (χ1n) is 4.58. The fraction of sp³-hybridized carbons (Fsp3) is 0.455. The van der Waals surface area contributed by atoms with Crippen LogP contribution in [0.3, 0.4) is 0 Å². The summed E-state index contributed by atoms with van der Waals surface area (Å²) in [5.74, 6) is 2.83. The number of fused-ring (bicyclic) bond motifs is 4. The van der Waals surface area contributed by atoms with Crippen molar-refractivity contribution < 1.29 is 4.74 Å². The van der Waals surface area contributed by atoms with Gasteiger partial charge in [-0.15, -0.1) is 0 Å². The minimum absolute atomic E-state index is 0.844. The summed E-state index contributed by atoms with van der Waals surface area (Å²) in [5, 5.41) is 0. The van der Waals surface area contributed by atoms with Gasteiger partial charge in [-0.3, -0.25) is 0 Å². The third-order valence-corrected chi connectivity index (χ3v) is 3.36. The Balaban J connectivity index is 2.15. The predicted molar refractivity (Wildman–Crippen MR) is 47.7 cm³/mol. The van der Waals surface area contributed by atoms with Crippen LogP contribution in [0.4, 0.5) is 0 Å². The molecule has 1 fully saturated rings. The van der Waals surface area contributed by atoms with Gasteiger partial charge in [-0.25, -0.2) is 0 Å². The molecule has 1 saturated carbocycles. The van der Waals surface area contributed by atoms with E-state index in [9.17, 15) is 0 Å². The fourth-order valence-electron chi connectivity index (χ4n) is 2.58. The molecule has 0 spiro atoms. The number of rotatable bonds is 1. The zero-order valence-corrected chi connectivity index (χ0v) is 7.21. The highest BCUT2D eigenvalue weighted by Crippen LogP contribution is 2.62. The van der Waals surface area contributed by atoms with Crippen LogP contribution >= 0.6 is 0 Å². The van der Waals surface area contributed by atoms with Gasteiger partial charge in [0.25, 0.3) is 0 Å². The molecule has 2 aliphatic rings. The van der Waals surface area contributed by atoms with Crippen LogP contribution in [0.2, 0.25) is 0 Å². The third kappa shape index (κ3) is 0.566. The number of hydrogen-bond donors (Lipinski definition) is 0. The second kappa shape index (κ2) is 2.03. The number of benzene rings is 1. The molecule has 1 heteroatoms. The molecule has 2 aliphatic carbocycles. The molecule has 62 valence electrons. The van der Waals surface area contributed by atoms with Crippen molar-refractivity contribution in [3.63, 3.8) is 0 Å². The van der Waals surface area contributed by atoms with Gasteiger partial charge in [-0.2, -0.15) is 0 Å². The van der Waals surface area contributed by atoms with E-state index in [2.05, 4.69) is 18.2 Å². The van der Waals surface area contributed by atoms with Gasteiger partial charge in [-0.1, -0.05) is 12.1 Å². The van der Waals surface area contributed by atoms with Crippen LogP contribution in [0.25, 0.3) is 0 Å². The standard InChI is InChI=1S/C11H12O/c1-12-10-4-2-3-8-7-5-6-9(7)11(8)10/h2-4,7,9H,5-6H2,1H3. The van der Waals surface area contributed by atoms with Crippen LogP contribution in [-0.4, -0.2) is 7.11 Å². The molecule has 1 aromatic carbocycles. The van der Waals surface area contributed by atoms with Crippen LogP contribution in [-0.2, 0) is 0 Å². The van der Waals surface area contributed by atoms with E-state index in [4.69, 9.17) is 4.74 Å². The molecule has 0 aliphatic heterocycles. The van der Waals surface area contributed by atoms with Gasteiger partial charge in [0.2, 0.25) is 0 Å². The van der Waals surface area contributed by atoms with Crippen molar-refractivity contribution in [1.29, 1.82) is 0 Å². The molecule has 12 heavy (non-hydrogen) atoms. The predicted octanol–water partition coefficient (Wildman–Crippen LogP) is 2.67. The Morgan fingerprint density at radius 3 is 2.75 bits per heavy atom. The quantitative estimate of drug-likeness (QED) is 0.613. The van der Waals surface area contributed by atoms with Gasteiger partial charge in [0, 0.05) is 5.56 Å². The Bertz CT molecular complexity index is 316. The third-order valence-electron chi connectivity index (χ3n) is 3.36. The maximum Gasteiger partial charge on any atom is 0.122 e. The number of methoxy groups -OCH3 is 1. The summed E-state index contributed by atoms with van der Waals surface area (Å²) in [6.45, 7) is 0. The zero-order chi connectivity index (χ0) is 8.13. The van der Waals surface area contributed by atoms with Gasteiger partial charge in [0.1, 0.15) is 5.75 Å². The Morgan fingerprint density at radius 2 is 2.08 bits per heavy atom. The van der Waals surface area contributed by atoms with Crippen molar-refractivity contribution in [3.8, 4) is 5.75 Å². The lowest BCUT2D eigenvalue weighted by molar-refractivity contribution is 0.277. The van der Waals surface area contributed by atoms with Crippen molar-refractivity contribution >= 4 is 0 Å². The normalized spacial score (nSPS) is 29.4. The van der Waals surface area contributed by atoms with Gasteiger partial charge in [0.05, 0.1) is 7.11 Å². The molecule has 2 atom stereocenters. The van der Waals surface area contributed by atoms with E-state index in [1.165, 1.54) is 18.4 Å². The van der Waals surface area contributed by atoms with Crippen molar-refractivity contribution in [1.82, 2.24) is 0 Å². The first-order valence-corrected chi connectivity index (χ1v) is 4.58. The summed E-state index contributed by atoms with van der Waals surface area (Å²) < 4.78 is 5.33. The van der Waals surface area contributed by atoms with Gasteiger partial charge >= 0.3 is 0 Å². The SMILES string of the molecule is COc1cccc2c1C1CCC21. The summed E-state index contributed by atoms with van der Waals surface area (Å²) in [5.41, 5.74) is 3.04. The molecule has 2 unspecified atom stereocenters. The Hall–Kier alpha value is -0.980. The zero-order valence-electron chi connectivity index (χ0n) is 7.21. The summed E-state index contributed by atoms with van der Waals surface area (Å²) >= 11 is 0. The van der Waals surface area contributed by atoms with E-state index in [1.54, 1.807) is 12.7 Å². The van der Waals surface area contributed by atoms with E-state index in [0.29, 0.717) is 0 Å². The maximum atomic E-state index is 5.33. The molecule has 1 nitrogen and oxygen atoms in total. The van der Waals surface area contributed by atoms with E-state index >= 15 is 0 Å². The average molecular weight is 160 g/mol. The molecule has 0 saturated heterocycles. The molecule has 0 N–H and O–H groups in total. The largest absolute Gasteiger partial charge is 0.496 e. The van der Waals surface area contributed by atoms with E-state index < -0.39 is 0 Å². The molecule has 0 bridgehead atoms. The summed E-state index contributed by atoms with van der Waals surface area (Å²) in [6.07, 6.45) is 2.77. The van der Waals surface area contributed by atoms with Gasteiger partial charge in [0.15, 0.2) is 0 Å². The topological polar surface area (TPSA) is 9.23 Å². The van der Waals surface area contributed by atoms with E-state index in [1.807, 2.05) is 0 Å². The molecule has 0 heterocycles. The Morgan fingerprint density at radius 1 is 1.25 bits per heavy atom. The van der Waals surface area contributed by atoms with Crippen molar-refractivity contribution in [2.24, 2.45) is 0 Å². The van der Waals surface area contributed by atoms with Crippen molar-refractivity contribution in [2.75, 3.05) is 7.11 Å². The first-order chi connectivity index (χ1) is 5.92. The molecular weight excluding hydrogens is 148 g/mol. The Labute approximate surface area is 72.4 Å². The lowest BCUT2D eigenvalue weighted by Gasteiger charge is -2.48. The van der Waals surface area contributed by atoms with Gasteiger partial charge < -0.3 is 4.74 Å². The summed E-state index contributed by atoms with van der Waals surface area (Å²) in [4.78, 5) is 0. The van der Waals surface area contributed by atoms with E-state index in [0.717, 1.165) is 17.6 Å². The van der Waals surface area contributed by atoms with Crippen molar-refractivity contribution in [3.05, 3.63) is 29.3 Å². The van der Waals surface area contributed by atoms with Crippen LogP contribution in [0, 0.1) is 0 Å². The highest BCUT2D eigenvalue weighted by Gasteiger charge is 2.45. The number of ether oxygens (including phenoxy) is 1. The fourth-order valence-corrected chi connectivity index (χ4v) is 2.58. The minimum Gasteiger partial charge on any atom is -0.496 e. The minimum atomic E-state index is 0.844. The maximum absolute atomic E-state index is 5.33. The van der Waals surface area contributed by atoms with E-state index in [-0.39, 0.29) is 0 Å². The lowest BCUT2D eigenvalue weighted by atomic mass is 9.56. The molecular formula is C11H12O. The van der Waals surface area contributed by atoms with Crippen molar-refractivity contribution in [2.45, 2.75) is 24.7 Å². The number of hydrogen-bond acceptors (Lipinski definition) is 1. The smallest absolute Gasteiger partial charge is 0.122 e. The average Bonchev–Trinajstić information content (AvgIpc) is 2.05. The summed E-state index contributed by atoms with van der Waals surface area (Å²) in [7, 11) is 1.77. The molecule has 0 amide bonds.